The van der Waals surface area contributed by atoms with Gasteiger partial charge in [0.1, 0.15) is 0 Å². The first-order valence-corrected chi connectivity index (χ1v) is 9.80. The van der Waals surface area contributed by atoms with Gasteiger partial charge in [0.25, 0.3) is 5.91 Å². The summed E-state index contributed by atoms with van der Waals surface area (Å²) in [7, 11) is 0. The van der Waals surface area contributed by atoms with Crippen LogP contribution < -0.4 is 5.32 Å². The number of benzene rings is 1. The molecule has 6 nitrogen and oxygen atoms in total. The van der Waals surface area contributed by atoms with Crippen molar-refractivity contribution in [3.05, 3.63) is 93.8 Å². The lowest BCUT2D eigenvalue weighted by Gasteiger charge is -2.05. The van der Waals surface area contributed by atoms with E-state index >= 15 is 0 Å². The first-order valence-electron chi connectivity index (χ1n) is 8.92. The van der Waals surface area contributed by atoms with Crippen molar-refractivity contribution in [2.75, 3.05) is 0 Å². The van der Waals surface area contributed by atoms with Gasteiger partial charge < -0.3 is 5.32 Å². The van der Waals surface area contributed by atoms with Crippen molar-refractivity contribution in [1.82, 2.24) is 25.1 Å². The fourth-order valence-electron chi connectivity index (χ4n) is 2.89. The van der Waals surface area contributed by atoms with E-state index in [1.54, 1.807) is 28.4 Å². The number of hydrogen-bond acceptors (Lipinski definition) is 5. The number of carbonyl (C=O) groups excluding carboxylic acids is 1. The molecule has 1 N–H and O–H groups in total. The maximum atomic E-state index is 12.6. The number of aromatic nitrogens is 4. The molecule has 4 aromatic rings. The van der Waals surface area contributed by atoms with E-state index in [0.717, 1.165) is 22.8 Å². The molecule has 4 rings (SSSR count). The molecule has 0 saturated heterocycles. The average molecular weight is 389 g/mol. The van der Waals surface area contributed by atoms with Gasteiger partial charge in [-0.1, -0.05) is 36.4 Å². The maximum Gasteiger partial charge on any atom is 0.255 e. The highest BCUT2D eigenvalue weighted by Crippen LogP contribution is 2.16. The monoisotopic (exact) mass is 389 g/mol. The number of rotatable bonds is 6. The Labute approximate surface area is 166 Å². The maximum absolute atomic E-state index is 12.6. The van der Waals surface area contributed by atoms with Gasteiger partial charge in [-0.3, -0.25) is 4.79 Å². The van der Waals surface area contributed by atoms with Gasteiger partial charge in [-0.25, -0.2) is 14.6 Å². The van der Waals surface area contributed by atoms with E-state index in [-0.39, 0.29) is 5.91 Å². The molecule has 0 saturated carbocycles. The van der Waals surface area contributed by atoms with Crippen molar-refractivity contribution < 1.29 is 4.79 Å². The molecule has 1 amide bonds. The molecule has 0 aliphatic heterocycles. The third kappa shape index (κ3) is 3.99. The third-order valence-corrected chi connectivity index (χ3v) is 5.25. The molecule has 28 heavy (non-hydrogen) atoms. The van der Waals surface area contributed by atoms with Gasteiger partial charge >= 0.3 is 0 Å². The number of amides is 1. The number of nitrogens with one attached hydrogen (secondary N) is 1. The fourth-order valence-corrected chi connectivity index (χ4v) is 3.72. The highest BCUT2D eigenvalue weighted by Gasteiger charge is 2.16. The van der Waals surface area contributed by atoms with Crippen molar-refractivity contribution in [1.29, 1.82) is 0 Å². The minimum atomic E-state index is -0.169. The van der Waals surface area contributed by atoms with Crippen molar-refractivity contribution >= 4 is 17.2 Å². The predicted molar refractivity (Wildman–Crippen MR) is 109 cm³/mol. The topological polar surface area (TPSA) is 72.7 Å². The van der Waals surface area contributed by atoms with Crippen LogP contribution in [-0.4, -0.2) is 25.7 Å². The summed E-state index contributed by atoms with van der Waals surface area (Å²) in [6.07, 6.45) is 4.07. The summed E-state index contributed by atoms with van der Waals surface area (Å²) >= 11 is 1.61. The number of pyridine rings is 1. The van der Waals surface area contributed by atoms with Crippen LogP contribution in [0.1, 0.15) is 32.3 Å². The second-order valence-corrected chi connectivity index (χ2v) is 7.26. The molecular formula is C21H19N5OS. The highest BCUT2D eigenvalue weighted by atomic mass is 32.1. The zero-order valence-corrected chi connectivity index (χ0v) is 16.2. The van der Waals surface area contributed by atoms with Gasteiger partial charge in [-0.2, -0.15) is 5.10 Å². The van der Waals surface area contributed by atoms with Crippen molar-refractivity contribution in [3.8, 4) is 5.82 Å². The summed E-state index contributed by atoms with van der Waals surface area (Å²) in [5.41, 5.74) is 3.37. The fraction of sp³-hybridized carbons (Fsp3) is 0.143. The normalized spacial score (nSPS) is 10.8. The molecule has 0 aliphatic carbocycles. The largest absolute Gasteiger partial charge is 0.346 e. The molecule has 7 heteroatoms. The van der Waals surface area contributed by atoms with Gasteiger partial charge in [0.2, 0.25) is 0 Å². The van der Waals surface area contributed by atoms with E-state index in [0.29, 0.717) is 17.9 Å². The molecule has 0 spiro atoms. The standard InChI is InChI=1S/C21H19N5OS/c1-15-18(13-24-26(15)19-9-5-6-10-22-19)21(27)23-12-17-14-28-20(25-17)11-16-7-3-2-4-8-16/h2-10,13-14H,11-12H2,1H3,(H,23,27). The summed E-state index contributed by atoms with van der Waals surface area (Å²) in [4.78, 5) is 21.5. The zero-order valence-electron chi connectivity index (χ0n) is 15.4. The predicted octanol–water partition coefficient (Wildman–Crippen LogP) is 3.55. The summed E-state index contributed by atoms with van der Waals surface area (Å²) in [5, 5.41) is 10.2. The second kappa shape index (κ2) is 8.14. The highest BCUT2D eigenvalue weighted by molar-refractivity contribution is 7.09. The van der Waals surface area contributed by atoms with Crippen molar-refractivity contribution in [2.24, 2.45) is 0 Å². The lowest BCUT2D eigenvalue weighted by molar-refractivity contribution is 0.0950. The van der Waals surface area contributed by atoms with Crippen LogP contribution in [0.4, 0.5) is 0 Å². The number of hydrogen-bond donors (Lipinski definition) is 1. The lowest BCUT2D eigenvalue weighted by Crippen LogP contribution is -2.23. The van der Waals surface area contributed by atoms with E-state index in [1.807, 2.05) is 48.7 Å². The molecule has 0 fully saturated rings. The summed E-state index contributed by atoms with van der Waals surface area (Å²) < 4.78 is 1.66. The van der Waals surface area contributed by atoms with Gasteiger partial charge in [0, 0.05) is 18.0 Å². The Kier molecular flexibility index (Phi) is 5.25. The molecular weight excluding hydrogens is 370 g/mol. The molecule has 0 radical (unpaired) electrons. The van der Waals surface area contributed by atoms with Crippen molar-refractivity contribution in [3.63, 3.8) is 0 Å². The van der Waals surface area contributed by atoms with Crippen LogP contribution in [0.3, 0.4) is 0 Å². The quantitative estimate of drug-likeness (QED) is 0.547. The molecule has 3 aromatic heterocycles. The first kappa shape index (κ1) is 18.1. The van der Waals surface area contributed by atoms with Crippen molar-refractivity contribution in [2.45, 2.75) is 19.9 Å². The molecule has 0 aliphatic rings. The molecule has 0 bridgehead atoms. The third-order valence-electron chi connectivity index (χ3n) is 4.35. The zero-order chi connectivity index (χ0) is 19.3. The molecule has 0 atom stereocenters. The van der Waals surface area contributed by atoms with Crippen LogP contribution in [-0.2, 0) is 13.0 Å². The van der Waals surface area contributed by atoms with Crippen LogP contribution in [0.15, 0.2) is 66.3 Å². The van der Waals surface area contributed by atoms with E-state index < -0.39 is 0 Å². The van der Waals surface area contributed by atoms with Crippen LogP contribution >= 0.6 is 11.3 Å². The SMILES string of the molecule is Cc1c(C(=O)NCc2csc(Cc3ccccc3)n2)cnn1-c1ccccn1. The minimum absolute atomic E-state index is 0.169. The van der Waals surface area contributed by atoms with E-state index in [4.69, 9.17) is 0 Å². The number of nitrogens with zero attached hydrogens (tertiary/aromatic N) is 4. The smallest absolute Gasteiger partial charge is 0.255 e. The Morgan fingerprint density at radius 1 is 1.14 bits per heavy atom. The Balaban J connectivity index is 1.39. The number of carbonyl (C=O) groups is 1. The Bertz CT molecular complexity index is 1070. The first-order chi connectivity index (χ1) is 13.7. The van der Waals surface area contributed by atoms with E-state index in [9.17, 15) is 4.79 Å². The van der Waals surface area contributed by atoms with Crippen LogP contribution in [0.2, 0.25) is 0 Å². The van der Waals surface area contributed by atoms with E-state index in [1.165, 1.54) is 5.56 Å². The average Bonchev–Trinajstić information content (AvgIpc) is 3.34. The minimum Gasteiger partial charge on any atom is -0.346 e. The Hall–Kier alpha value is -3.32. The summed E-state index contributed by atoms with van der Waals surface area (Å²) in [5.74, 6) is 0.515. The Morgan fingerprint density at radius 3 is 2.75 bits per heavy atom. The molecule has 0 unspecified atom stereocenters. The van der Waals surface area contributed by atoms with Gasteiger partial charge in [-0.05, 0) is 24.6 Å². The van der Waals surface area contributed by atoms with Crippen LogP contribution in [0.5, 0.6) is 0 Å². The molecule has 1 aromatic carbocycles. The summed E-state index contributed by atoms with van der Waals surface area (Å²) in [6.45, 7) is 2.25. The van der Waals surface area contributed by atoms with Gasteiger partial charge in [-0.15, -0.1) is 11.3 Å². The molecule has 3 heterocycles. The summed E-state index contributed by atoms with van der Waals surface area (Å²) in [6, 6.07) is 15.8. The Morgan fingerprint density at radius 2 is 1.96 bits per heavy atom. The van der Waals surface area contributed by atoms with Gasteiger partial charge in [0.05, 0.1) is 34.7 Å². The lowest BCUT2D eigenvalue weighted by atomic mass is 10.2. The molecule has 140 valence electrons. The number of thiazole rings is 1. The van der Waals surface area contributed by atoms with Gasteiger partial charge in [0.15, 0.2) is 5.82 Å². The second-order valence-electron chi connectivity index (χ2n) is 6.32. The van der Waals surface area contributed by atoms with Crippen LogP contribution in [0, 0.1) is 6.92 Å². The van der Waals surface area contributed by atoms with E-state index in [2.05, 4.69) is 32.5 Å². The van der Waals surface area contributed by atoms with Crippen LogP contribution in [0.25, 0.3) is 5.82 Å².